The van der Waals surface area contributed by atoms with Crippen molar-refractivity contribution < 1.29 is 8.81 Å². The zero-order valence-electron chi connectivity index (χ0n) is 33.8. The van der Waals surface area contributed by atoms with Gasteiger partial charge in [0.2, 0.25) is 0 Å². The van der Waals surface area contributed by atoms with Gasteiger partial charge in [0.15, 0.2) is 0 Å². The molecule has 0 unspecified atom stereocenters. The highest BCUT2D eigenvalue weighted by Gasteiger charge is 2.48. The van der Waals surface area contributed by atoms with Crippen LogP contribution < -0.4 is 26.4 Å². The summed E-state index contributed by atoms with van der Waals surface area (Å²) in [6, 6.07) is 32.6. The molecule has 1 aromatic heterocycles. The highest BCUT2D eigenvalue weighted by molar-refractivity contribution is 7.00. The van der Waals surface area contributed by atoms with Crippen LogP contribution in [0.5, 0.6) is 0 Å². The van der Waals surface area contributed by atoms with Crippen molar-refractivity contribution in [2.24, 2.45) is 0 Å². The molecule has 54 heavy (non-hydrogen) atoms. The molecule has 0 bridgehead atoms. The Hall–Kier alpha value is -4.77. The minimum Gasteiger partial charge on any atom is -0.468 e. The monoisotopic (exact) mass is 714 g/mol. The Bertz CT molecular complexity index is 2490. The average Bonchev–Trinajstić information content (AvgIpc) is 3.47. The Morgan fingerprint density at radius 3 is 1.78 bits per heavy atom. The summed E-state index contributed by atoms with van der Waals surface area (Å²) in [5.74, 6) is -0.247. The molecule has 3 nitrogen and oxygen atoms in total. The summed E-state index contributed by atoms with van der Waals surface area (Å²) in [4.78, 5) is 4.81. The molecule has 0 saturated carbocycles. The second-order valence-corrected chi connectivity index (χ2v) is 19.6. The van der Waals surface area contributed by atoms with Gasteiger partial charge in [-0.25, -0.2) is 4.39 Å². The van der Waals surface area contributed by atoms with E-state index >= 15 is 0 Å². The molecular formula is C49H52BFN2O. The summed E-state index contributed by atoms with van der Waals surface area (Å²) >= 11 is 0. The number of hydrogen-bond donors (Lipinski definition) is 0. The van der Waals surface area contributed by atoms with Crippen LogP contribution in [0.3, 0.4) is 0 Å². The van der Waals surface area contributed by atoms with Crippen molar-refractivity contribution in [2.75, 3.05) is 9.80 Å². The lowest BCUT2D eigenvalue weighted by atomic mass is 9.35. The molecule has 0 N–H and O–H groups in total. The lowest BCUT2D eigenvalue weighted by Crippen LogP contribution is -2.61. The molecule has 0 saturated heterocycles. The number of benzene rings is 5. The van der Waals surface area contributed by atoms with Gasteiger partial charge in [0.05, 0.1) is 11.3 Å². The van der Waals surface area contributed by atoms with Gasteiger partial charge in [-0.05, 0) is 147 Å². The molecule has 0 spiro atoms. The summed E-state index contributed by atoms with van der Waals surface area (Å²) < 4.78 is 22.0. The second kappa shape index (κ2) is 11.4. The van der Waals surface area contributed by atoms with Gasteiger partial charge >= 0.3 is 0 Å². The van der Waals surface area contributed by atoms with Crippen LogP contribution in [0.4, 0.5) is 38.5 Å². The predicted octanol–water partition coefficient (Wildman–Crippen LogP) is 11.9. The van der Waals surface area contributed by atoms with E-state index in [1.807, 2.05) is 12.1 Å². The average molecular weight is 715 g/mol. The first-order chi connectivity index (χ1) is 25.3. The van der Waals surface area contributed by atoms with E-state index in [1.54, 1.807) is 12.1 Å². The van der Waals surface area contributed by atoms with Gasteiger partial charge in [-0.15, -0.1) is 0 Å². The first-order valence-electron chi connectivity index (χ1n) is 19.7. The van der Waals surface area contributed by atoms with Gasteiger partial charge in [-0.3, -0.25) is 0 Å². The minimum absolute atomic E-state index is 0.0301. The number of nitrogens with zero attached hydrogens (tertiary/aromatic N) is 2. The molecule has 9 rings (SSSR count). The van der Waals surface area contributed by atoms with Crippen molar-refractivity contribution in [3.63, 3.8) is 0 Å². The van der Waals surface area contributed by atoms with E-state index in [-0.39, 0.29) is 34.2 Å². The fourth-order valence-electron chi connectivity index (χ4n) is 9.40. The fourth-order valence-corrected chi connectivity index (χ4v) is 9.40. The fraction of sp³-hybridized carbons (Fsp3) is 0.347. The number of anilines is 6. The van der Waals surface area contributed by atoms with E-state index in [4.69, 9.17) is 4.42 Å². The molecule has 1 aliphatic carbocycles. The van der Waals surface area contributed by atoms with Gasteiger partial charge < -0.3 is 14.2 Å². The Kier molecular flexibility index (Phi) is 7.37. The molecule has 0 amide bonds. The van der Waals surface area contributed by atoms with Crippen LogP contribution in [0, 0.1) is 12.7 Å². The van der Waals surface area contributed by atoms with E-state index in [0.717, 1.165) is 63.5 Å². The third-order valence-electron chi connectivity index (χ3n) is 12.7. The first kappa shape index (κ1) is 35.0. The van der Waals surface area contributed by atoms with Crippen molar-refractivity contribution in [3.05, 3.63) is 125 Å². The molecule has 5 aromatic carbocycles. The highest BCUT2D eigenvalue weighted by atomic mass is 19.1. The van der Waals surface area contributed by atoms with Crippen LogP contribution >= 0.6 is 0 Å². The maximum absolute atomic E-state index is 14.6. The summed E-state index contributed by atoms with van der Waals surface area (Å²) in [7, 11) is 0. The Labute approximate surface area is 321 Å². The van der Waals surface area contributed by atoms with Gasteiger partial charge in [0.25, 0.3) is 6.71 Å². The van der Waals surface area contributed by atoms with Crippen molar-refractivity contribution in [3.8, 4) is 0 Å². The molecule has 0 radical (unpaired) electrons. The Morgan fingerprint density at radius 1 is 0.630 bits per heavy atom. The van der Waals surface area contributed by atoms with E-state index in [9.17, 15) is 4.39 Å². The zero-order valence-corrected chi connectivity index (χ0v) is 33.8. The van der Waals surface area contributed by atoms with E-state index in [0.29, 0.717) is 0 Å². The highest BCUT2D eigenvalue weighted by Crippen LogP contribution is 2.51. The molecule has 3 heterocycles. The summed E-state index contributed by atoms with van der Waals surface area (Å²) in [5, 5.41) is 1.11. The predicted molar refractivity (Wildman–Crippen MR) is 228 cm³/mol. The largest absolute Gasteiger partial charge is 0.468 e. The molecule has 5 heteroatoms. The normalized spacial score (nSPS) is 16.9. The minimum atomic E-state index is -0.247. The maximum Gasteiger partial charge on any atom is 0.297 e. The standard InChI is InChI=1S/C49H52BFN2O/c1-29-24-40-43-41(25-29)53(34-19-15-32(51)16-20-34)44-35-27-36-37(49(10,11)23-22-48(36,8)9)28-42(35)54-45(44)50(43)38-26-31(47(5,6)7)14-21-39(38)52(40)33-17-12-30(13-18-33)46(2,3)4/h12-21,24-28H,22-23H2,1-11H3. The number of fused-ring (bicyclic) bond motifs is 7. The molecule has 2 aliphatic heterocycles. The van der Waals surface area contributed by atoms with Crippen LogP contribution in [-0.4, -0.2) is 6.71 Å². The van der Waals surface area contributed by atoms with Gasteiger partial charge in [-0.1, -0.05) is 93.5 Å². The van der Waals surface area contributed by atoms with Gasteiger partial charge in [0.1, 0.15) is 11.4 Å². The van der Waals surface area contributed by atoms with E-state index in [2.05, 4.69) is 153 Å². The third kappa shape index (κ3) is 5.21. The Balaban J connectivity index is 1.40. The van der Waals surface area contributed by atoms with Gasteiger partial charge in [-0.2, -0.15) is 0 Å². The number of furan rings is 1. The van der Waals surface area contributed by atoms with E-state index in [1.165, 1.54) is 38.9 Å². The number of hydrogen-bond acceptors (Lipinski definition) is 3. The first-order valence-corrected chi connectivity index (χ1v) is 19.7. The van der Waals surface area contributed by atoms with Crippen molar-refractivity contribution in [2.45, 2.75) is 111 Å². The van der Waals surface area contributed by atoms with Crippen LogP contribution in [0.2, 0.25) is 0 Å². The van der Waals surface area contributed by atoms with E-state index < -0.39 is 0 Å². The Morgan fingerprint density at radius 2 is 1.17 bits per heavy atom. The molecule has 0 atom stereocenters. The van der Waals surface area contributed by atoms with Crippen LogP contribution in [-0.2, 0) is 21.7 Å². The van der Waals surface area contributed by atoms with Crippen molar-refractivity contribution in [1.82, 2.24) is 0 Å². The number of rotatable bonds is 2. The summed E-state index contributed by atoms with van der Waals surface area (Å²) in [5.41, 5.74) is 17.4. The summed E-state index contributed by atoms with van der Waals surface area (Å²) in [6.45, 7) is 25.2. The van der Waals surface area contributed by atoms with Crippen molar-refractivity contribution >= 4 is 68.4 Å². The molecule has 3 aliphatic rings. The van der Waals surface area contributed by atoms with Crippen LogP contribution in [0.15, 0.2) is 95.4 Å². The molecule has 0 fully saturated rings. The smallest absolute Gasteiger partial charge is 0.297 e. The molecule has 274 valence electrons. The lowest BCUT2D eigenvalue weighted by Gasteiger charge is -2.43. The van der Waals surface area contributed by atoms with Crippen molar-refractivity contribution in [1.29, 1.82) is 0 Å². The molecular weight excluding hydrogens is 662 g/mol. The number of halogens is 1. The van der Waals surface area contributed by atoms with Crippen LogP contribution in [0.25, 0.3) is 11.0 Å². The third-order valence-corrected chi connectivity index (χ3v) is 12.7. The summed E-state index contributed by atoms with van der Waals surface area (Å²) in [6.07, 6.45) is 2.26. The van der Waals surface area contributed by atoms with Crippen LogP contribution in [0.1, 0.15) is 110 Å². The topological polar surface area (TPSA) is 19.6 Å². The van der Waals surface area contributed by atoms with Gasteiger partial charge in [0, 0.05) is 33.8 Å². The lowest BCUT2D eigenvalue weighted by molar-refractivity contribution is 0.332. The maximum atomic E-state index is 14.6. The zero-order chi connectivity index (χ0) is 38.3. The second-order valence-electron chi connectivity index (χ2n) is 19.6. The SMILES string of the molecule is Cc1cc2c3c(c1)N(c1ccc(F)cc1)c1c(oc4cc5c(cc14)C(C)(C)CCC5(C)C)B3c1cc(C(C)(C)C)ccc1N2c1ccc(C(C)(C)C)cc1. The number of aryl methyl sites for hydroxylation is 1. The quantitative estimate of drug-likeness (QED) is 0.166. The molecule has 6 aromatic rings.